The quantitative estimate of drug-likeness (QED) is 0.583. The molecular weight excluding hydrogens is 384 g/mol. The Labute approximate surface area is 154 Å². The van der Waals surface area contributed by atoms with Crippen LogP contribution >= 0.6 is 0 Å². The molecule has 0 aromatic heterocycles. The molecule has 0 unspecified atom stereocenters. The van der Waals surface area contributed by atoms with Gasteiger partial charge in [-0.1, -0.05) is 0 Å². The number of carbonyl (C=O) groups is 1. The number of anilines is 2. The first-order valence-electron chi connectivity index (χ1n) is 7.75. The number of carbonyl (C=O) groups excluding carboxylic acids is 1. The van der Waals surface area contributed by atoms with Crippen molar-refractivity contribution >= 4 is 43.6 Å². The van der Waals surface area contributed by atoms with Gasteiger partial charge < -0.3 is 0 Å². The second-order valence-corrected chi connectivity index (χ2v) is 6.74. The maximum atomic E-state index is 13.2. The average Bonchev–Trinajstić information content (AvgIpc) is 2.80. The zero-order chi connectivity index (χ0) is 18.1. The summed E-state index contributed by atoms with van der Waals surface area (Å²) in [6.45, 7) is 0. The van der Waals surface area contributed by atoms with Crippen LogP contribution in [0.4, 0.5) is 15.8 Å². The van der Waals surface area contributed by atoms with Crippen molar-refractivity contribution in [2.75, 3.05) is 30.9 Å². The molecule has 0 aliphatic carbocycles. The number of benzene rings is 2. The van der Waals surface area contributed by atoms with Gasteiger partial charge in [0.15, 0.2) is 0 Å². The van der Waals surface area contributed by atoms with Crippen molar-refractivity contribution in [3.63, 3.8) is 0 Å². The molecule has 0 bridgehead atoms. The molecule has 0 radical (unpaired) electrons. The Morgan fingerprint density at radius 3 is 2.20 bits per heavy atom. The van der Waals surface area contributed by atoms with Gasteiger partial charge in [-0.25, -0.2) is 0 Å². The van der Waals surface area contributed by atoms with E-state index in [2.05, 4.69) is 15.6 Å². The SMILES string of the molecule is CN1C(=[Se])N(c2ccc(F)cc2)C(=O)C1=Cc1ccc(N(C)C)cc1. The Bertz CT molecular complexity index is 844. The summed E-state index contributed by atoms with van der Waals surface area (Å²) in [5.74, 6) is -0.485. The maximum absolute atomic E-state index is 13.2. The predicted octanol–water partition coefficient (Wildman–Crippen LogP) is 2.47. The predicted molar refractivity (Wildman–Crippen MR) is 101 cm³/mol. The van der Waals surface area contributed by atoms with Gasteiger partial charge in [0, 0.05) is 0 Å². The zero-order valence-corrected chi connectivity index (χ0v) is 15.9. The van der Waals surface area contributed by atoms with Crippen molar-refractivity contribution in [3.05, 3.63) is 65.6 Å². The van der Waals surface area contributed by atoms with Crippen LogP contribution in [0, 0.1) is 5.82 Å². The van der Waals surface area contributed by atoms with Crippen molar-refractivity contribution in [1.82, 2.24) is 4.90 Å². The first-order chi connectivity index (χ1) is 11.9. The van der Waals surface area contributed by atoms with E-state index in [4.69, 9.17) is 0 Å². The Hall–Kier alpha value is -2.43. The summed E-state index contributed by atoms with van der Waals surface area (Å²) in [5.41, 5.74) is 3.21. The van der Waals surface area contributed by atoms with E-state index in [1.54, 1.807) is 21.9 Å². The number of hydrogen-bond acceptors (Lipinski definition) is 3. The second-order valence-electron chi connectivity index (χ2n) is 5.97. The number of halogens is 1. The van der Waals surface area contributed by atoms with Crippen LogP contribution in [-0.2, 0) is 4.79 Å². The Morgan fingerprint density at radius 1 is 1.04 bits per heavy atom. The van der Waals surface area contributed by atoms with E-state index >= 15 is 0 Å². The van der Waals surface area contributed by atoms with Gasteiger partial charge in [-0.05, 0) is 0 Å². The van der Waals surface area contributed by atoms with Crippen LogP contribution in [0.3, 0.4) is 0 Å². The van der Waals surface area contributed by atoms with E-state index in [-0.39, 0.29) is 11.7 Å². The molecule has 2 aromatic carbocycles. The molecule has 1 aliphatic heterocycles. The van der Waals surface area contributed by atoms with Crippen molar-refractivity contribution < 1.29 is 9.18 Å². The molecule has 0 saturated carbocycles. The van der Waals surface area contributed by atoms with Crippen LogP contribution in [0.1, 0.15) is 5.56 Å². The Balaban J connectivity index is 1.93. The molecule has 2 aromatic rings. The molecule has 3 rings (SSSR count). The number of amides is 1. The second kappa shape index (κ2) is 6.82. The third kappa shape index (κ3) is 3.36. The van der Waals surface area contributed by atoms with E-state index in [0.717, 1.165) is 11.3 Å². The van der Waals surface area contributed by atoms with Gasteiger partial charge in [0.1, 0.15) is 0 Å². The van der Waals surface area contributed by atoms with Gasteiger partial charge in [-0.15, -0.1) is 0 Å². The fourth-order valence-electron chi connectivity index (χ4n) is 2.60. The van der Waals surface area contributed by atoms with Crippen LogP contribution in [0.5, 0.6) is 0 Å². The Kier molecular flexibility index (Phi) is 4.75. The van der Waals surface area contributed by atoms with Crippen LogP contribution in [0.25, 0.3) is 6.08 Å². The molecule has 0 N–H and O–H groups in total. The molecule has 1 amide bonds. The summed E-state index contributed by atoms with van der Waals surface area (Å²) < 4.78 is 13.8. The number of hydrogen-bond donors (Lipinski definition) is 0. The summed E-state index contributed by atoms with van der Waals surface area (Å²) in [5, 5.41) is 0. The topological polar surface area (TPSA) is 26.8 Å². The van der Waals surface area contributed by atoms with Crippen molar-refractivity contribution in [2.45, 2.75) is 0 Å². The van der Waals surface area contributed by atoms with E-state index in [9.17, 15) is 9.18 Å². The van der Waals surface area contributed by atoms with Crippen molar-refractivity contribution in [3.8, 4) is 0 Å². The molecular formula is C19H18FN3OSe. The summed E-state index contributed by atoms with van der Waals surface area (Å²) in [6, 6.07) is 13.8. The first kappa shape index (κ1) is 17.4. The van der Waals surface area contributed by atoms with E-state index in [0.29, 0.717) is 16.0 Å². The summed E-state index contributed by atoms with van der Waals surface area (Å²) in [4.78, 5) is 18.2. The molecule has 25 heavy (non-hydrogen) atoms. The van der Waals surface area contributed by atoms with Gasteiger partial charge in [-0.3, -0.25) is 0 Å². The molecule has 1 heterocycles. The molecule has 128 valence electrons. The molecule has 0 spiro atoms. The fraction of sp³-hybridized carbons (Fsp3) is 0.158. The summed E-state index contributed by atoms with van der Waals surface area (Å²) in [6.07, 6.45) is 1.85. The van der Waals surface area contributed by atoms with Crippen LogP contribution in [0.15, 0.2) is 54.2 Å². The van der Waals surface area contributed by atoms with Crippen molar-refractivity contribution in [1.29, 1.82) is 0 Å². The average molecular weight is 402 g/mol. The summed E-state index contributed by atoms with van der Waals surface area (Å²) in [7, 11) is 5.79. The molecule has 4 nitrogen and oxygen atoms in total. The third-order valence-corrected chi connectivity index (χ3v) is 5.02. The minimum absolute atomic E-state index is 0.153. The standard InChI is InChI=1S/C19H18FN3OSe/c1-21(2)15-8-4-13(5-9-15)12-17-18(24)23(19(25)22(17)3)16-10-6-14(20)7-11-16/h4-12H,1-3H3. The molecule has 6 heteroatoms. The molecule has 1 fully saturated rings. The van der Waals surface area contributed by atoms with E-state index in [1.165, 1.54) is 12.1 Å². The van der Waals surface area contributed by atoms with Gasteiger partial charge >= 0.3 is 154 Å². The molecule has 0 atom stereocenters. The van der Waals surface area contributed by atoms with Gasteiger partial charge in [0.25, 0.3) is 0 Å². The number of nitrogens with zero attached hydrogens (tertiary/aromatic N) is 3. The summed E-state index contributed by atoms with van der Waals surface area (Å²) >= 11 is 2.93. The van der Waals surface area contributed by atoms with Crippen LogP contribution in [-0.4, -0.2) is 52.2 Å². The monoisotopic (exact) mass is 403 g/mol. The van der Waals surface area contributed by atoms with Gasteiger partial charge in [0.05, 0.1) is 0 Å². The number of likely N-dealkylation sites (N-methyl/N-ethyl adjacent to an activating group) is 1. The third-order valence-electron chi connectivity index (χ3n) is 4.06. The van der Waals surface area contributed by atoms with E-state index < -0.39 is 0 Å². The normalized spacial score (nSPS) is 16.1. The van der Waals surface area contributed by atoms with Gasteiger partial charge in [-0.2, -0.15) is 0 Å². The fourth-order valence-corrected chi connectivity index (χ4v) is 3.20. The first-order valence-corrected chi connectivity index (χ1v) is 8.61. The van der Waals surface area contributed by atoms with E-state index in [1.807, 2.05) is 56.4 Å². The zero-order valence-electron chi connectivity index (χ0n) is 14.2. The number of rotatable bonds is 3. The van der Waals surface area contributed by atoms with Gasteiger partial charge in [0.2, 0.25) is 0 Å². The van der Waals surface area contributed by atoms with Crippen LogP contribution < -0.4 is 9.80 Å². The minimum atomic E-state index is -0.331. The van der Waals surface area contributed by atoms with Crippen LogP contribution in [0.2, 0.25) is 0 Å². The molecule has 1 aliphatic rings. The molecule has 1 saturated heterocycles. The van der Waals surface area contributed by atoms with Crippen molar-refractivity contribution in [2.24, 2.45) is 0 Å². The Morgan fingerprint density at radius 2 is 1.64 bits per heavy atom.